The van der Waals surface area contributed by atoms with Crippen LogP contribution in [0.4, 0.5) is 0 Å². The Labute approximate surface area is 138 Å². The number of amides is 1. The second-order valence-electron chi connectivity index (χ2n) is 6.42. The molecule has 1 aliphatic carbocycles. The zero-order valence-electron chi connectivity index (χ0n) is 13.1. The van der Waals surface area contributed by atoms with E-state index in [1.807, 2.05) is 10.3 Å². The van der Waals surface area contributed by atoms with Gasteiger partial charge in [-0.1, -0.05) is 0 Å². The molecule has 1 saturated heterocycles. The number of ether oxygens (including phenoxy) is 3. The van der Waals surface area contributed by atoms with Crippen molar-refractivity contribution < 1.29 is 24.1 Å². The Morgan fingerprint density at radius 3 is 3.09 bits per heavy atom. The molecule has 0 bridgehead atoms. The van der Waals surface area contributed by atoms with Crippen molar-refractivity contribution >= 4 is 17.2 Å². The summed E-state index contributed by atoms with van der Waals surface area (Å²) in [6.45, 7) is 1.63. The predicted molar refractivity (Wildman–Crippen MR) is 84.3 cm³/mol. The molecule has 1 N–H and O–H groups in total. The van der Waals surface area contributed by atoms with Crippen molar-refractivity contribution in [2.45, 2.75) is 43.4 Å². The fourth-order valence-electron chi connectivity index (χ4n) is 4.06. The summed E-state index contributed by atoms with van der Waals surface area (Å²) in [5.74, 6) is 1.18. The lowest BCUT2D eigenvalue weighted by molar-refractivity contribution is -0.0824. The maximum absolute atomic E-state index is 13.1. The van der Waals surface area contributed by atoms with E-state index in [0.29, 0.717) is 42.6 Å². The van der Waals surface area contributed by atoms with Gasteiger partial charge < -0.3 is 24.2 Å². The van der Waals surface area contributed by atoms with E-state index < -0.39 is 0 Å². The van der Waals surface area contributed by atoms with E-state index in [1.165, 1.54) is 11.3 Å². The standard InChI is InChI=1S/C16H21NO5S/c1-20-16-3-2-10(18)8-12(16)17(5-4-16)15(19)14-13-11(9-23-14)21-6-7-22-13/h9-10,12,18H,2-8H2,1H3/t10-,12+,16-/m1/s1. The van der Waals surface area contributed by atoms with Gasteiger partial charge in [0.25, 0.3) is 5.91 Å². The van der Waals surface area contributed by atoms with Crippen molar-refractivity contribution in [3.05, 3.63) is 10.3 Å². The summed E-state index contributed by atoms with van der Waals surface area (Å²) in [6.07, 6.45) is 2.55. The first-order chi connectivity index (χ1) is 11.1. The van der Waals surface area contributed by atoms with E-state index in [2.05, 4.69) is 0 Å². The quantitative estimate of drug-likeness (QED) is 0.888. The Kier molecular flexibility index (Phi) is 3.74. The van der Waals surface area contributed by atoms with Gasteiger partial charge in [-0.3, -0.25) is 4.79 Å². The van der Waals surface area contributed by atoms with Crippen LogP contribution in [0.1, 0.15) is 35.4 Å². The van der Waals surface area contributed by atoms with Crippen LogP contribution in [0.2, 0.25) is 0 Å². The molecule has 1 amide bonds. The fraction of sp³-hybridized carbons (Fsp3) is 0.688. The third-order valence-electron chi connectivity index (χ3n) is 5.32. The molecule has 0 unspecified atom stereocenters. The number of aliphatic hydroxyl groups excluding tert-OH is 1. The van der Waals surface area contributed by atoms with Crippen molar-refractivity contribution in [3.63, 3.8) is 0 Å². The molecule has 0 spiro atoms. The van der Waals surface area contributed by atoms with Gasteiger partial charge >= 0.3 is 0 Å². The largest absolute Gasteiger partial charge is 0.485 e. The topological polar surface area (TPSA) is 68.2 Å². The van der Waals surface area contributed by atoms with E-state index in [1.54, 1.807) is 7.11 Å². The normalized spacial score (nSPS) is 32.7. The third-order valence-corrected chi connectivity index (χ3v) is 6.25. The van der Waals surface area contributed by atoms with Crippen LogP contribution in [0, 0.1) is 0 Å². The Balaban J connectivity index is 1.62. The average molecular weight is 339 g/mol. The van der Waals surface area contributed by atoms with Crippen LogP contribution in [-0.2, 0) is 4.74 Å². The molecular formula is C16H21NO5S. The Morgan fingerprint density at radius 1 is 1.43 bits per heavy atom. The summed E-state index contributed by atoms with van der Waals surface area (Å²) in [5.41, 5.74) is -0.316. The highest BCUT2D eigenvalue weighted by atomic mass is 32.1. The Morgan fingerprint density at radius 2 is 2.26 bits per heavy atom. The molecule has 2 aliphatic heterocycles. The number of carbonyl (C=O) groups excluding carboxylic acids is 1. The lowest BCUT2D eigenvalue weighted by atomic mass is 9.79. The molecule has 2 fully saturated rings. The summed E-state index contributed by atoms with van der Waals surface area (Å²) in [7, 11) is 1.71. The van der Waals surface area contributed by atoms with E-state index >= 15 is 0 Å². The number of likely N-dealkylation sites (tertiary alicyclic amines) is 1. The molecule has 3 atom stereocenters. The molecule has 0 radical (unpaired) electrons. The second kappa shape index (κ2) is 5.65. The highest BCUT2D eigenvalue weighted by molar-refractivity contribution is 7.12. The Hall–Kier alpha value is -1.31. The molecule has 23 heavy (non-hydrogen) atoms. The van der Waals surface area contributed by atoms with Crippen molar-refractivity contribution in [1.29, 1.82) is 0 Å². The number of hydrogen-bond acceptors (Lipinski definition) is 6. The summed E-state index contributed by atoms with van der Waals surface area (Å²) < 4.78 is 17.0. The zero-order valence-corrected chi connectivity index (χ0v) is 13.9. The van der Waals surface area contributed by atoms with E-state index in [4.69, 9.17) is 14.2 Å². The molecule has 3 heterocycles. The first-order valence-corrected chi connectivity index (χ1v) is 8.94. The van der Waals surface area contributed by atoms with E-state index in [9.17, 15) is 9.90 Å². The molecule has 1 aromatic heterocycles. The highest BCUT2D eigenvalue weighted by Crippen LogP contribution is 2.45. The Bertz CT molecular complexity index is 618. The van der Waals surface area contributed by atoms with Gasteiger partial charge in [-0.2, -0.15) is 0 Å². The molecule has 6 nitrogen and oxygen atoms in total. The third kappa shape index (κ3) is 2.33. The first-order valence-electron chi connectivity index (χ1n) is 8.06. The second-order valence-corrected chi connectivity index (χ2v) is 7.30. The van der Waals surface area contributed by atoms with Gasteiger partial charge in [-0.05, 0) is 25.7 Å². The van der Waals surface area contributed by atoms with Gasteiger partial charge in [0.15, 0.2) is 11.5 Å². The maximum atomic E-state index is 13.1. The van der Waals surface area contributed by atoms with Crippen LogP contribution in [0.5, 0.6) is 11.5 Å². The number of carbonyl (C=O) groups is 1. The SMILES string of the molecule is CO[C@@]12CC[C@@H](O)C[C@@H]1N(C(=O)c1scc3c1OCCO3)CC2. The van der Waals surface area contributed by atoms with Crippen molar-refractivity contribution in [2.24, 2.45) is 0 Å². The smallest absolute Gasteiger partial charge is 0.268 e. The monoisotopic (exact) mass is 339 g/mol. The number of fused-ring (bicyclic) bond motifs is 2. The van der Waals surface area contributed by atoms with Crippen LogP contribution in [0.25, 0.3) is 0 Å². The number of aliphatic hydroxyl groups is 1. The lowest BCUT2D eigenvalue weighted by Crippen LogP contribution is -2.52. The molecule has 4 rings (SSSR count). The van der Waals surface area contributed by atoms with Gasteiger partial charge in [-0.15, -0.1) is 11.3 Å². The number of nitrogens with zero attached hydrogens (tertiary/aromatic N) is 1. The highest BCUT2D eigenvalue weighted by Gasteiger charge is 2.52. The fourth-order valence-corrected chi connectivity index (χ4v) is 4.95. The van der Waals surface area contributed by atoms with Crippen LogP contribution in [-0.4, -0.2) is 60.5 Å². The van der Waals surface area contributed by atoms with Crippen LogP contribution in [0.3, 0.4) is 0 Å². The maximum Gasteiger partial charge on any atom is 0.268 e. The average Bonchev–Trinajstić information content (AvgIpc) is 3.16. The lowest BCUT2D eigenvalue weighted by Gasteiger charge is -2.42. The van der Waals surface area contributed by atoms with Gasteiger partial charge in [0.05, 0.1) is 17.7 Å². The van der Waals surface area contributed by atoms with Crippen LogP contribution >= 0.6 is 11.3 Å². The predicted octanol–water partition coefficient (Wildman–Crippen LogP) is 1.66. The minimum absolute atomic E-state index is 0.0419. The molecule has 7 heteroatoms. The summed E-state index contributed by atoms with van der Waals surface area (Å²) in [5, 5.41) is 11.9. The molecule has 126 valence electrons. The van der Waals surface area contributed by atoms with Crippen molar-refractivity contribution in [2.75, 3.05) is 26.9 Å². The van der Waals surface area contributed by atoms with E-state index in [-0.39, 0.29) is 23.7 Å². The zero-order chi connectivity index (χ0) is 16.0. The molecule has 1 saturated carbocycles. The van der Waals surface area contributed by atoms with Crippen molar-refractivity contribution in [1.82, 2.24) is 4.90 Å². The van der Waals surface area contributed by atoms with Crippen LogP contribution < -0.4 is 9.47 Å². The first kappa shape index (κ1) is 15.2. The number of rotatable bonds is 2. The molecule has 3 aliphatic rings. The molecule has 0 aromatic carbocycles. The van der Waals surface area contributed by atoms with Gasteiger partial charge in [0.1, 0.15) is 18.1 Å². The number of hydrogen-bond donors (Lipinski definition) is 1. The summed E-state index contributed by atoms with van der Waals surface area (Å²) in [6, 6.07) is -0.0778. The van der Waals surface area contributed by atoms with Gasteiger partial charge in [-0.25, -0.2) is 0 Å². The van der Waals surface area contributed by atoms with Crippen LogP contribution in [0.15, 0.2) is 5.38 Å². The van der Waals surface area contributed by atoms with Crippen molar-refractivity contribution in [3.8, 4) is 11.5 Å². The summed E-state index contributed by atoms with van der Waals surface area (Å²) >= 11 is 1.36. The number of thiophene rings is 1. The minimum atomic E-state index is -0.367. The molecular weight excluding hydrogens is 318 g/mol. The summed E-state index contributed by atoms with van der Waals surface area (Å²) in [4.78, 5) is 15.5. The number of methoxy groups -OCH3 is 1. The minimum Gasteiger partial charge on any atom is -0.485 e. The van der Waals surface area contributed by atoms with Gasteiger partial charge in [0.2, 0.25) is 0 Å². The van der Waals surface area contributed by atoms with E-state index in [0.717, 1.165) is 19.3 Å². The van der Waals surface area contributed by atoms with Gasteiger partial charge in [0, 0.05) is 19.0 Å². The molecule has 1 aromatic rings.